The van der Waals surface area contributed by atoms with E-state index in [4.69, 9.17) is 14.2 Å². The summed E-state index contributed by atoms with van der Waals surface area (Å²) in [5, 5.41) is 18.7. The van der Waals surface area contributed by atoms with Gasteiger partial charge in [-0.2, -0.15) is 0 Å². The Kier molecular flexibility index (Phi) is 2.14. The summed E-state index contributed by atoms with van der Waals surface area (Å²) in [6.45, 7) is 5.04. The number of hydrogen-bond acceptors (Lipinski definition) is 5. The average molecular weight is 204 g/mol. The number of aliphatic hydroxyl groups is 2. The molecule has 5 heteroatoms. The average Bonchev–Trinajstić information content (AvgIpc) is 2.50. The van der Waals surface area contributed by atoms with Crippen molar-refractivity contribution in [1.82, 2.24) is 0 Å². The summed E-state index contributed by atoms with van der Waals surface area (Å²) < 4.78 is 16.3. The van der Waals surface area contributed by atoms with Crippen LogP contribution in [0.2, 0.25) is 0 Å². The molecule has 0 amide bonds. The molecule has 0 aromatic heterocycles. The first-order valence-electron chi connectivity index (χ1n) is 4.70. The molecule has 0 bridgehead atoms. The predicted molar refractivity (Wildman–Crippen MR) is 46.4 cm³/mol. The van der Waals surface area contributed by atoms with Gasteiger partial charge in [0.2, 0.25) is 0 Å². The fourth-order valence-corrected chi connectivity index (χ4v) is 2.01. The van der Waals surface area contributed by atoms with E-state index in [1.807, 2.05) is 0 Å². The van der Waals surface area contributed by atoms with Gasteiger partial charge in [0.05, 0.1) is 6.61 Å². The van der Waals surface area contributed by atoms with Gasteiger partial charge in [0.1, 0.15) is 17.8 Å². The second-order valence-corrected chi connectivity index (χ2v) is 4.50. The van der Waals surface area contributed by atoms with Crippen molar-refractivity contribution in [3.8, 4) is 0 Å². The Bertz CT molecular complexity index is 241. The Labute approximate surface area is 82.6 Å². The molecular formula is C9H16O5. The Balaban J connectivity index is 2.23. The highest BCUT2D eigenvalue weighted by Crippen LogP contribution is 2.42. The van der Waals surface area contributed by atoms with E-state index in [-0.39, 0.29) is 6.61 Å². The van der Waals surface area contributed by atoms with Gasteiger partial charge in [0.15, 0.2) is 12.1 Å². The van der Waals surface area contributed by atoms with Crippen LogP contribution in [-0.2, 0) is 14.2 Å². The summed E-state index contributed by atoms with van der Waals surface area (Å²) in [7, 11) is 0. The van der Waals surface area contributed by atoms with Crippen LogP contribution >= 0.6 is 0 Å². The predicted octanol–water partition coefficient (Wildman–Crippen LogP) is -0.394. The third-order valence-corrected chi connectivity index (χ3v) is 2.72. The Hall–Kier alpha value is -0.200. The van der Waals surface area contributed by atoms with E-state index >= 15 is 0 Å². The normalized spacial score (nSPS) is 50.8. The van der Waals surface area contributed by atoms with E-state index in [9.17, 15) is 10.2 Å². The highest BCUT2D eigenvalue weighted by atomic mass is 16.8. The quantitative estimate of drug-likeness (QED) is 0.608. The van der Waals surface area contributed by atoms with E-state index in [0.29, 0.717) is 0 Å². The van der Waals surface area contributed by atoms with Crippen molar-refractivity contribution < 1.29 is 24.4 Å². The van der Waals surface area contributed by atoms with E-state index in [1.165, 1.54) is 0 Å². The molecule has 14 heavy (non-hydrogen) atoms. The molecule has 82 valence electrons. The van der Waals surface area contributed by atoms with Crippen molar-refractivity contribution in [1.29, 1.82) is 0 Å². The zero-order chi connectivity index (χ0) is 10.6. The highest BCUT2D eigenvalue weighted by molar-refractivity contribution is 5.02. The maximum absolute atomic E-state index is 9.56. The standard InChI is InChI=1S/C9H16O5/c1-8(2)12-5-6(13-8)9(3,4-10)14-7(5)11/h5-7,10-11H,4H2,1-3H3/t5-,6+,7-,9-/m1/s1. The minimum atomic E-state index is -1.03. The molecular weight excluding hydrogens is 188 g/mol. The molecule has 2 aliphatic heterocycles. The Morgan fingerprint density at radius 3 is 2.36 bits per heavy atom. The highest BCUT2D eigenvalue weighted by Gasteiger charge is 2.60. The van der Waals surface area contributed by atoms with Crippen LogP contribution in [0.4, 0.5) is 0 Å². The number of ether oxygens (including phenoxy) is 3. The van der Waals surface area contributed by atoms with Crippen LogP contribution in [0.15, 0.2) is 0 Å². The minimum Gasteiger partial charge on any atom is -0.393 e. The lowest BCUT2D eigenvalue weighted by Gasteiger charge is -2.28. The molecule has 0 unspecified atom stereocenters. The molecule has 4 atom stereocenters. The molecule has 2 aliphatic rings. The van der Waals surface area contributed by atoms with Gasteiger partial charge in [-0.15, -0.1) is 0 Å². The summed E-state index contributed by atoms with van der Waals surface area (Å²) in [5.41, 5.74) is -0.877. The lowest BCUT2D eigenvalue weighted by Crippen LogP contribution is -2.43. The molecule has 0 aromatic rings. The zero-order valence-electron chi connectivity index (χ0n) is 8.56. The van der Waals surface area contributed by atoms with Gasteiger partial charge >= 0.3 is 0 Å². The van der Waals surface area contributed by atoms with Crippen LogP contribution in [0.25, 0.3) is 0 Å². The van der Waals surface area contributed by atoms with Gasteiger partial charge in [-0.25, -0.2) is 0 Å². The summed E-state index contributed by atoms with van der Waals surface area (Å²) in [6.07, 6.45) is -1.96. The monoisotopic (exact) mass is 204 g/mol. The third-order valence-electron chi connectivity index (χ3n) is 2.72. The first-order chi connectivity index (χ1) is 6.38. The van der Waals surface area contributed by atoms with Crippen molar-refractivity contribution in [2.75, 3.05) is 6.61 Å². The van der Waals surface area contributed by atoms with Crippen LogP contribution < -0.4 is 0 Å². The fourth-order valence-electron chi connectivity index (χ4n) is 2.01. The van der Waals surface area contributed by atoms with Crippen LogP contribution in [0.5, 0.6) is 0 Å². The number of fused-ring (bicyclic) bond motifs is 1. The van der Waals surface area contributed by atoms with Crippen LogP contribution in [0, 0.1) is 0 Å². The molecule has 0 radical (unpaired) electrons. The van der Waals surface area contributed by atoms with E-state index in [1.54, 1.807) is 20.8 Å². The minimum absolute atomic E-state index is 0.204. The van der Waals surface area contributed by atoms with Crippen LogP contribution in [0.3, 0.4) is 0 Å². The van der Waals surface area contributed by atoms with Gasteiger partial charge in [0, 0.05) is 0 Å². The molecule has 0 spiro atoms. The second kappa shape index (κ2) is 2.90. The Morgan fingerprint density at radius 1 is 1.14 bits per heavy atom. The van der Waals surface area contributed by atoms with Crippen LogP contribution in [-0.4, -0.2) is 46.7 Å². The molecule has 0 saturated carbocycles. The Morgan fingerprint density at radius 2 is 1.79 bits per heavy atom. The van der Waals surface area contributed by atoms with E-state index < -0.39 is 29.9 Å². The summed E-state index contributed by atoms with van der Waals surface area (Å²) in [6, 6.07) is 0. The first-order valence-corrected chi connectivity index (χ1v) is 4.70. The van der Waals surface area contributed by atoms with Gasteiger partial charge in [-0.3, -0.25) is 0 Å². The van der Waals surface area contributed by atoms with Crippen LogP contribution in [0.1, 0.15) is 20.8 Å². The number of aliphatic hydroxyl groups excluding tert-OH is 2. The molecule has 2 fully saturated rings. The number of hydrogen-bond donors (Lipinski definition) is 2. The molecule has 5 nitrogen and oxygen atoms in total. The van der Waals surface area contributed by atoms with Crippen molar-refractivity contribution in [3.05, 3.63) is 0 Å². The van der Waals surface area contributed by atoms with E-state index in [0.717, 1.165) is 0 Å². The molecule has 0 aliphatic carbocycles. The fraction of sp³-hybridized carbons (Fsp3) is 1.00. The molecule has 2 heterocycles. The summed E-state index contributed by atoms with van der Waals surface area (Å²) >= 11 is 0. The van der Waals surface area contributed by atoms with Gasteiger partial charge in [0.25, 0.3) is 0 Å². The van der Waals surface area contributed by atoms with Crippen molar-refractivity contribution in [3.63, 3.8) is 0 Å². The molecule has 2 saturated heterocycles. The second-order valence-electron chi connectivity index (χ2n) is 4.50. The lowest BCUT2D eigenvalue weighted by molar-refractivity contribution is -0.245. The van der Waals surface area contributed by atoms with E-state index in [2.05, 4.69) is 0 Å². The molecule has 0 aromatic carbocycles. The molecule has 2 N–H and O–H groups in total. The lowest BCUT2D eigenvalue weighted by atomic mass is 9.99. The van der Waals surface area contributed by atoms with Crippen molar-refractivity contribution in [2.24, 2.45) is 0 Å². The first kappa shape index (κ1) is 10.3. The smallest absolute Gasteiger partial charge is 0.184 e. The SMILES string of the molecule is CC1(C)O[C@H]2[C@H](O)O[C@](C)(CO)[C@H]2O1. The largest absolute Gasteiger partial charge is 0.393 e. The zero-order valence-corrected chi connectivity index (χ0v) is 8.56. The third kappa shape index (κ3) is 1.36. The van der Waals surface area contributed by atoms with Gasteiger partial charge < -0.3 is 24.4 Å². The van der Waals surface area contributed by atoms with Crippen molar-refractivity contribution >= 4 is 0 Å². The number of rotatable bonds is 1. The van der Waals surface area contributed by atoms with Crippen molar-refractivity contribution in [2.45, 2.75) is 50.7 Å². The van der Waals surface area contributed by atoms with Gasteiger partial charge in [-0.1, -0.05) is 0 Å². The summed E-state index contributed by atoms with van der Waals surface area (Å²) in [4.78, 5) is 0. The maximum Gasteiger partial charge on any atom is 0.184 e. The summed E-state index contributed by atoms with van der Waals surface area (Å²) in [5.74, 6) is -0.726. The molecule has 2 rings (SSSR count). The maximum atomic E-state index is 9.56. The van der Waals surface area contributed by atoms with Gasteiger partial charge in [-0.05, 0) is 20.8 Å². The topological polar surface area (TPSA) is 68.2 Å².